The predicted molar refractivity (Wildman–Crippen MR) is 52.4 cm³/mol. The average molecular weight is 225 g/mol. The number of quaternary nitrogens is 1. The van der Waals surface area contributed by atoms with Gasteiger partial charge in [-0.25, -0.2) is 4.39 Å². The lowest BCUT2D eigenvalue weighted by Crippen LogP contribution is -3.11. The van der Waals surface area contributed by atoms with Crippen molar-refractivity contribution in [3.8, 4) is 0 Å². The van der Waals surface area contributed by atoms with E-state index in [2.05, 4.69) is 0 Å². The molecule has 5 heteroatoms. The van der Waals surface area contributed by atoms with E-state index < -0.39 is 11.8 Å². The van der Waals surface area contributed by atoms with Crippen LogP contribution in [0.4, 0.5) is 4.39 Å². The van der Waals surface area contributed by atoms with Crippen LogP contribution in [0.2, 0.25) is 0 Å². The third kappa shape index (κ3) is 3.78. The molecule has 0 heterocycles. The number of aliphatic carboxylic acids is 1. The van der Waals surface area contributed by atoms with Gasteiger partial charge in [0.2, 0.25) is 5.78 Å². The second-order valence-corrected chi connectivity index (χ2v) is 3.61. The van der Waals surface area contributed by atoms with Crippen molar-refractivity contribution >= 4 is 11.8 Å². The second-order valence-electron chi connectivity index (χ2n) is 3.61. The van der Waals surface area contributed by atoms with E-state index in [1.54, 1.807) is 7.05 Å². The van der Waals surface area contributed by atoms with Crippen molar-refractivity contribution in [2.45, 2.75) is 0 Å². The molecule has 0 aliphatic heterocycles. The van der Waals surface area contributed by atoms with Crippen molar-refractivity contribution in [3.63, 3.8) is 0 Å². The molecule has 4 nitrogen and oxygen atoms in total. The van der Waals surface area contributed by atoms with Crippen LogP contribution in [0.5, 0.6) is 0 Å². The van der Waals surface area contributed by atoms with Crippen LogP contribution in [-0.4, -0.2) is 31.9 Å². The molecule has 1 atom stereocenters. The lowest BCUT2D eigenvalue weighted by Gasteiger charge is -2.13. The molecule has 0 aliphatic rings. The van der Waals surface area contributed by atoms with E-state index in [0.717, 1.165) is 0 Å². The quantitative estimate of drug-likeness (QED) is 0.606. The van der Waals surface area contributed by atoms with Crippen LogP contribution in [0.15, 0.2) is 24.3 Å². The zero-order chi connectivity index (χ0) is 12.1. The third-order valence-electron chi connectivity index (χ3n) is 2.07. The first kappa shape index (κ1) is 12.3. The van der Waals surface area contributed by atoms with E-state index in [0.29, 0.717) is 10.5 Å². The SMILES string of the molecule is C[NH+](CC(=O)[O-])CC(=O)c1ccc(F)cc1. The molecule has 0 saturated heterocycles. The zero-order valence-corrected chi connectivity index (χ0v) is 8.83. The molecule has 1 rings (SSSR count). The Morgan fingerprint density at radius 3 is 2.31 bits per heavy atom. The number of Topliss-reactive ketones (excluding diaryl/α,β-unsaturated/α-hetero) is 1. The van der Waals surface area contributed by atoms with Crippen LogP contribution >= 0.6 is 0 Å². The summed E-state index contributed by atoms with van der Waals surface area (Å²) in [4.78, 5) is 22.4. The molecule has 86 valence electrons. The first-order valence-electron chi connectivity index (χ1n) is 4.79. The number of halogens is 1. The minimum absolute atomic E-state index is 0.0413. The molecular weight excluding hydrogens is 213 g/mol. The molecule has 1 N–H and O–H groups in total. The Hall–Kier alpha value is -1.75. The van der Waals surface area contributed by atoms with Gasteiger partial charge in [-0.2, -0.15) is 0 Å². The highest BCUT2D eigenvalue weighted by Gasteiger charge is 2.12. The maximum Gasteiger partial charge on any atom is 0.216 e. The molecule has 0 aliphatic carbocycles. The Labute approximate surface area is 92.3 Å². The maximum absolute atomic E-state index is 12.6. The van der Waals surface area contributed by atoms with Crippen LogP contribution in [0.1, 0.15) is 10.4 Å². The van der Waals surface area contributed by atoms with Gasteiger partial charge in [0.25, 0.3) is 0 Å². The monoisotopic (exact) mass is 225 g/mol. The van der Waals surface area contributed by atoms with Crippen molar-refractivity contribution in [1.29, 1.82) is 0 Å². The van der Waals surface area contributed by atoms with Crippen molar-refractivity contribution in [3.05, 3.63) is 35.6 Å². The van der Waals surface area contributed by atoms with Gasteiger partial charge in [0.15, 0.2) is 0 Å². The van der Waals surface area contributed by atoms with Crippen LogP contribution < -0.4 is 10.0 Å². The number of hydrogen-bond donors (Lipinski definition) is 1. The number of carbonyl (C=O) groups is 2. The minimum atomic E-state index is -1.20. The fourth-order valence-corrected chi connectivity index (χ4v) is 1.32. The average Bonchev–Trinajstić information content (AvgIpc) is 2.16. The normalized spacial score (nSPS) is 12.1. The Balaban J connectivity index is 2.58. The van der Waals surface area contributed by atoms with E-state index >= 15 is 0 Å². The largest absolute Gasteiger partial charge is 0.544 e. The van der Waals surface area contributed by atoms with Crippen LogP contribution in [0, 0.1) is 5.82 Å². The number of carboxylic acids is 1. The maximum atomic E-state index is 12.6. The molecule has 0 aromatic heterocycles. The molecule has 1 aromatic carbocycles. The summed E-state index contributed by atoms with van der Waals surface area (Å²) in [5.41, 5.74) is 0.374. The zero-order valence-electron chi connectivity index (χ0n) is 8.83. The lowest BCUT2D eigenvalue weighted by molar-refractivity contribution is -0.864. The number of carbonyl (C=O) groups excluding carboxylic acids is 2. The number of rotatable bonds is 5. The molecular formula is C11H12FNO3. The van der Waals surface area contributed by atoms with E-state index in [1.807, 2.05) is 0 Å². The van der Waals surface area contributed by atoms with E-state index in [-0.39, 0.29) is 18.9 Å². The Kier molecular flexibility index (Phi) is 4.13. The van der Waals surface area contributed by atoms with Gasteiger partial charge in [0.1, 0.15) is 18.9 Å². The number of nitrogens with one attached hydrogen (secondary N) is 1. The summed E-state index contributed by atoms with van der Waals surface area (Å²) in [5, 5.41) is 10.3. The first-order valence-corrected chi connectivity index (χ1v) is 4.79. The fraction of sp³-hybridized carbons (Fsp3) is 0.273. The summed E-state index contributed by atoms with van der Waals surface area (Å²) in [6, 6.07) is 5.15. The van der Waals surface area contributed by atoms with E-state index in [1.165, 1.54) is 24.3 Å². The number of likely N-dealkylation sites (N-methyl/N-ethyl adjacent to an activating group) is 1. The Bertz CT molecular complexity index is 389. The topological polar surface area (TPSA) is 61.6 Å². The highest BCUT2D eigenvalue weighted by Crippen LogP contribution is 2.02. The van der Waals surface area contributed by atoms with Gasteiger partial charge in [-0.05, 0) is 24.3 Å². The second kappa shape index (κ2) is 5.37. The molecule has 0 saturated carbocycles. The highest BCUT2D eigenvalue weighted by atomic mass is 19.1. The van der Waals surface area contributed by atoms with E-state index in [9.17, 15) is 19.1 Å². The molecule has 16 heavy (non-hydrogen) atoms. The molecule has 0 bridgehead atoms. The minimum Gasteiger partial charge on any atom is -0.544 e. The van der Waals surface area contributed by atoms with Crippen molar-refractivity contribution < 1.29 is 24.0 Å². The molecule has 1 aromatic rings. The van der Waals surface area contributed by atoms with Gasteiger partial charge < -0.3 is 14.8 Å². The number of carboxylic acid groups (broad SMARTS) is 1. The Morgan fingerprint density at radius 2 is 1.81 bits per heavy atom. The van der Waals surface area contributed by atoms with Crippen LogP contribution in [-0.2, 0) is 4.79 Å². The molecule has 0 spiro atoms. The summed E-state index contributed by atoms with van der Waals surface area (Å²) in [6.45, 7) is -0.188. The summed E-state index contributed by atoms with van der Waals surface area (Å²) >= 11 is 0. The fourth-order valence-electron chi connectivity index (χ4n) is 1.32. The van der Waals surface area contributed by atoms with Crippen molar-refractivity contribution in [2.24, 2.45) is 0 Å². The van der Waals surface area contributed by atoms with Gasteiger partial charge in [-0.1, -0.05) is 0 Å². The Morgan fingerprint density at radius 1 is 1.25 bits per heavy atom. The summed E-state index contributed by atoms with van der Waals surface area (Å²) in [5.74, 6) is -1.84. The molecule has 0 fully saturated rings. The molecule has 1 unspecified atom stereocenters. The number of hydrogen-bond acceptors (Lipinski definition) is 3. The van der Waals surface area contributed by atoms with Crippen LogP contribution in [0.3, 0.4) is 0 Å². The standard InChI is InChI=1S/C11H12FNO3/c1-13(7-11(15)16)6-10(14)8-2-4-9(12)5-3-8/h2-5H,6-7H2,1H3,(H,15,16). The van der Waals surface area contributed by atoms with Gasteiger partial charge in [0, 0.05) is 5.56 Å². The lowest BCUT2D eigenvalue weighted by atomic mass is 10.1. The molecule has 0 radical (unpaired) electrons. The van der Waals surface area contributed by atoms with Gasteiger partial charge >= 0.3 is 0 Å². The summed E-state index contributed by atoms with van der Waals surface area (Å²) < 4.78 is 12.6. The van der Waals surface area contributed by atoms with Gasteiger partial charge in [0.05, 0.1) is 13.0 Å². The summed E-state index contributed by atoms with van der Waals surface area (Å²) in [7, 11) is 1.58. The summed E-state index contributed by atoms with van der Waals surface area (Å²) in [6.07, 6.45) is 0. The number of benzene rings is 1. The van der Waals surface area contributed by atoms with Gasteiger partial charge in [-0.15, -0.1) is 0 Å². The number of ketones is 1. The van der Waals surface area contributed by atoms with Crippen LogP contribution in [0.25, 0.3) is 0 Å². The third-order valence-corrected chi connectivity index (χ3v) is 2.07. The van der Waals surface area contributed by atoms with Crippen molar-refractivity contribution in [1.82, 2.24) is 0 Å². The van der Waals surface area contributed by atoms with Crippen molar-refractivity contribution in [2.75, 3.05) is 20.1 Å². The van der Waals surface area contributed by atoms with Gasteiger partial charge in [-0.3, -0.25) is 4.79 Å². The highest BCUT2D eigenvalue weighted by molar-refractivity contribution is 5.96. The van der Waals surface area contributed by atoms with E-state index in [4.69, 9.17) is 0 Å². The first-order chi connectivity index (χ1) is 7.49. The smallest absolute Gasteiger partial charge is 0.216 e. The predicted octanol–water partition coefficient (Wildman–Crippen LogP) is -1.73. The molecule has 0 amide bonds.